The number of aromatic amines is 1. The minimum atomic E-state index is 0.678. The summed E-state index contributed by atoms with van der Waals surface area (Å²) in [6.07, 6.45) is 0.804. The van der Waals surface area contributed by atoms with Crippen LogP contribution in [0.4, 0.5) is 5.82 Å². The lowest BCUT2D eigenvalue weighted by atomic mass is 10.1. The van der Waals surface area contributed by atoms with Crippen molar-refractivity contribution >= 4 is 17.4 Å². The Morgan fingerprint density at radius 2 is 1.92 bits per heavy atom. The number of nitrogens with one attached hydrogen (secondary N) is 2. The topological polar surface area (TPSA) is 59.2 Å². The summed E-state index contributed by atoms with van der Waals surface area (Å²) < 4.78 is 10.8. The fourth-order valence-corrected chi connectivity index (χ4v) is 3.52. The molecule has 0 saturated heterocycles. The van der Waals surface area contributed by atoms with E-state index in [4.69, 9.17) is 21.1 Å². The van der Waals surface area contributed by atoms with Crippen LogP contribution in [0.2, 0.25) is 5.02 Å². The Balaban J connectivity index is 1.59. The van der Waals surface area contributed by atoms with Gasteiger partial charge in [-0.25, -0.2) is 0 Å². The molecule has 0 atom stereocenters. The van der Waals surface area contributed by atoms with Gasteiger partial charge in [0.25, 0.3) is 0 Å². The molecule has 2 N–H and O–H groups in total. The first-order chi connectivity index (χ1) is 12.6. The Kier molecular flexibility index (Phi) is 4.24. The molecule has 2 aromatic carbocycles. The van der Waals surface area contributed by atoms with E-state index in [0.29, 0.717) is 12.3 Å². The van der Waals surface area contributed by atoms with Crippen LogP contribution in [0.3, 0.4) is 0 Å². The number of hydrogen-bond acceptors (Lipinski definition) is 4. The Morgan fingerprint density at radius 1 is 1.15 bits per heavy atom. The molecule has 0 fully saturated rings. The Bertz CT molecular complexity index is 981. The van der Waals surface area contributed by atoms with Crippen LogP contribution in [0.15, 0.2) is 30.3 Å². The van der Waals surface area contributed by atoms with Crippen LogP contribution >= 0.6 is 11.6 Å². The second-order valence-electron chi connectivity index (χ2n) is 6.40. The molecule has 134 valence electrons. The molecular weight excluding hydrogens is 350 g/mol. The zero-order valence-corrected chi connectivity index (χ0v) is 15.7. The molecule has 26 heavy (non-hydrogen) atoms. The van der Waals surface area contributed by atoms with E-state index >= 15 is 0 Å². The summed E-state index contributed by atoms with van der Waals surface area (Å²) in [7, 11) is 3.29. The van der Waals surface area contributed by atoms with Crippen molar-refractivity contribution in [3.8, 4) is 22.8 Å². The highest BCUT2D eigenvalue weighted by Crippen LogP contribution is 2.43. The number of aryl methyl sites for hydroxylation is 1. The van der Waals surface area contributed by atoms with E-state index in [0.717, 1.165) is 51.0 Å². The summed E-state index contributed by atoms with van der Waals surface area (Å²) >= 11 is 6.21. The number of benzene rings is 2. The predicted molar refractivity (Wildman–Crippen MR) is 103 cm³/mol. The smallest absolute Gasteiger partial charge is 0.161 e. The Morgan fingerprint density at radius 3 is 2.65 bits per heavy atom. The monoisotopic (exact) mass is 369 g/mol. The second kappa shape index (κ2) is 6.57. The number of hydrogen-bond donors (Lipinski definition) is 2. The molecule has 1 aromatic heterocycles. The fraction of sp³-hybridized carbons (Fsp3) is 0.250. The molecule has 3 aromatic rings. The van der Waals surface area contributed by atoms with Crippen molar-refractivity contribution in [2.45, 2.75) is 19.9 Å². The molecule has 1 aliphatic carbocycles. The number of nitrogens with zero attached hydrogens (tertiary/aromatic N) is 1. The molecule has 1 aliphatic rings. The van der Waals surface area contributed by atoms with Crippen molar-refractivity contribution in [1.82, 2.24) is 10.2 Å². The zero-order chi connectivity index (χ0) is 18.3. The third-order valence-electron chi connectivity index (χ3n) is 4.80. The van der Waals surface area contributed by atoms with E-state index in [9.17, 15) is 0 Å². The highest BCUT2D eigenvalue weighted by atomic mass is 35.5. The van der Waals surface area contributed by atoms with Crippen LogP contribution < -0.4 is 14.8 Å². The molecule has 5 nitrogen and oxygen atoms in total. The van der Waals surface area contributed by atoms with E-state index in [1.165, 1.54) is 5.56 Å². The maximum atomic E-state index is 6.21. The number of aromatic nitrogens is 2. The largest absolute Gasteiger partial charge is 0.493 e. The standard InChI is InChI=1S/C20H20ClN3O2/c1-11-4-5-12(6-16(11)21)10-22-20-15-7-13-8-17(25-2)18(26-3)9-14(13)19(15)23-24-20/h4-6,8-9H,7,10H2,1-3H3,(H2,22,23,24). The minimum Gasteiger partial charge on any atom is -0.493 e. The Hall–Kier alpha value is -2.66. The lowest BCUT2D eigenvalue weighted by molar-refractivity contribution is 0.355. The summed E-state index contributed by atoms with van der Waals surface area (Å²) in [4.78, 5) is 0. The molecule has 0 bridgehead atoms. The summed E-state index contributed by atoms with van der Waals surface area (Å²) in [5.41, 5.74) is 6.61. The number of anilines is 1. The van der Waals surface area contributed by atoms with Gasteiger partial charge in [0.2, 0.25) is 0 Å². The first-order valence-corrected chi connectivity index (χ1v) is 8.80. The molecule has 0 amide bonds. The predicted octanol–water partition coefficient (Wildman–Crippen LogP) is 4.57. The molecule has 4 rings (SSSR count). The van der Waals surface area contributed by atoms with Gasteiger partial charge in [-0.3, -0.25) is 5.10 Å². The quantitative estimate of drug-likeness (QED) is 0.541. The first kappa shape index (κ1) is 16.8. The number of ether oxygens (including phenoxy) is 2. The van der Waals surface area contributed by atoms with Gasteiger partial charge in [-0.15, -0.1) is 0 Å². The molecule has 0 aliphatic heterocycles. The third-order valence-corrected chi connectivity index (χ3v) is 5.21. The maximum Gasteiger partial charge on any atom is 0.161 e. The lowest BCUT2D eigenvalue weighted by Crippen LogP contribution is -2.02. The van der Waals surface area contributed by atoms with Gasteiger partial charge >= 0.3 is 0 Å². The van der Waals surface area contributed by atoms with Crippen LogP contribution in [-0.2, 0) is 13.0 Å². The van der Waals surface area contributed by atoms with E-state index in [1.54, 1.807) is 14.2 Å². The van der Waals surface area contributed by atoms with Crippen molar-refractivity contribution in [1.29, 1.82) is 0 Å². The van der Waals surface area contributed by atoms with Crippen molar-refractivity contribution in [2.75, 3.05) is 19.5 Å². The van der Waals surface area contributed by atoms with Gasteiger partial charge in [0.1, 0.15) is 5.82 Å². The summed E-state index contributed by atoms with van der Waals surface area (Å²) in [5, 5.41) is 11.8. The molecular formula is C20H20ClN3O2. The van der Waals surface area contributed by atoms with E-state index < -0.39 is 0 Å². The van der Waals surface area contributed by atoms with Gasteiger partial charge in [-0.1, -0.05) is 23.7 Å². The fourth-order valence-electron chi connectivity index (χ4n) is 3.32. The number of methoxy groups -OCH3 is 2. The van der Waals surface area contributed by atoms with E-state index in [1.807, 2.05) is 31.2 Å². The number of halogens is 1. The molecule has 0 radical (unpaired) electrons. The van der Waals surface area contributed by atoms with Crippen molar-refractivity contribution < 1.29 is 9.47 Å². The molecule has 6 heteroatoms. The van der Waals surface area contributed by atoms with Crippen LogP contribution in [-0.4, -0.2) is 24.4 Å². The summed E-state index contributed by atoms with van der Waals surface area (Å²) in [5.74, 6) is 2.39. The van der Waals surface area contributed by atoms with Crippen molar-refractivity contribution in [2.24, 2.45) is 0 Å². The first-order valence-electron chi connectivity index (χ1n) is 8.42. The van der Waals surface area contributed by atoms with Gasteiger partial charge in [-0.05, 0) is 41.8 Å². The third kappa shape index (κ3) is 2.78. The Labute approximate surface area is 157 Å². The van der Waals surface area contributed by atoms with Gasteiger partial charge in [0.15, 0.2) is 11.5 Å². The highest BCUT2D eigenvalue weighted by Gasteiger charge is 2.26. The molecule has 0 saturated carbocycles. The van der Waals surface area contributed by atoms with Crippen LogP contribution in [0.1, 0.15) is 22.3 Å². The average molecular weight is 370 g/mol. The van der Waals surface area contributed by atoms with E-state index in [2.05, 4.69) is 21.6 Å². The molecule has 1 heterocycles. The van der Waals surface area contributed by atoms with Crippen LogP contribution in [0.5, 0.6) is 11.5 Å². The zero-order valence-electron chi connectivity index (χ0n) is 14.9. The van der Waals surface area contributed by atoms with Crippen molar-refractivity contribution in [3.63, 3.8) is 0 Å². The normalized spacial score (nSPS) is 11.8. The lowest BCUT2D eigenvalue weighted by Gasteiger charge is -2.10. The molecule has 0 unspecified atom stereocenters. The van der Waals surface area contributed by atoms with Crippen molar-refractivity contribution in [3.05, 3.63) is 57.6 Å². The van der Waals surface area contributed by atoms with E-state index in [-0.39, 0.29) is 0 Å². The summed E-state index contributed by atoms with van der Waals surface area (Å²) in [6.45, 7) is 2.68. The van der Waals surface area contributed by atoms with Crippen LogP contribution in [0.25, 0.3) is 11.3 Å². The number of rotatable bonds is 5. The highest BCUT2D eigenvalue weighted by molar-refractivity contribution is 6.31. The molecule has 0 spiro atoms. The summed E-state index contributed by atoms with van der Waals surface area (Å²) in [6, 6.07) is 10.1. The average Bonchev–Trinajstić information content (AvgIpc) is 3.20. The SMILES string of the molecule is COc1cc2c(cc1OC)-c1n[nH]c(NCc3ccc(C)c(Cl)c3)c1C2. The van der Waals surface area contributed by atoms with Gasteiger partial charge < -0.3 is 14.8 Å². The van der Waals surface area contributed by atoms with Crippen LogP contribution in [0, 0.1) is 6.92 Å². The minimum absolute atomic E-state index is 0.678. The van der Waals surface area contributed by atoms with Gasteiger partial charge in [-0.2, -0.15) is 5.10 Å². The van der Waals surface area contributed by atoms with Gasteiger partial charge in [0, 0.05) is 29.1 Å². The maximum absolute atomic E-state index is 6.21. The number of H-pyrrole nitrogens is 1. The van der Waals surface area contributed by atoms with Gasteiger partial charge in [0.05, 0.1) is 19.9 Å². The number of fused-ring (bicyclic) bond motifs is 3. The second-order valence-corrected chi connectivity index (χ2v) is 6.81.